The van der Waals surface area contributed by atoms with Crippen LogP contribution in [0.1, 0.15) is 17.3 Å². The maximum absolute atomic E-state index is 12.6. The lowest BCUT2D eigenvalue weighted by atomic mass is 10.1. The smallest absolute Gasteiger partial charge is 0.308 e. The monoisotopic (exact) mass is 376 g/mol. The van der Waals surface area contributed by atoms with Gasteiger partial charge in [-0.1, -0.05) is 18.2 Å². The van der Waals surface area contributed by atoms with Crippen molar-refractivity contribution in [1.29, 1.82) is 0 Å². The van der Waals surface area contributed by atoms with Crippen LogP contribution in [-0.2, 0) is 0 Å². The summed E-state index contributed by atoms with van der Waals surface area (Å²) in [5.41, 5.74) is 3.48. The van der Waals surface area contributed by atoms with Gasteiger partial charge in [-0.3, -0.25) is 14.5 Å². The Morgan fingerprint density at radius 1 is 1.07 bits per heavy atom. The molecule has 1 aromatic carbocycles. The molecule has 0 aliphatic rings. The van der Waals surface area contributed by atoms with Gasteiger partial charge in [-0.05, 0) is 42.6 Å². The highest BCUT2D eigenvalue weighted by Gasteiger charge is 2.16. The number of carbonyl (C=O) groups is 2. The number of rotatable bonds is 4. The number of nitrogens with one attached hydrogen (secondary N) is 2. The van der Waals surface area contributed by atoms with Gasteiger partial charge in [-0.25, -0.2) is 9.78 Å². The third-order valence-electron chi connectivity index (χ3n) is 4.08. The number of carbonyl (C=O) groups excluding carboxylic acids is 2. The summed E-state index contributed by atoms with van der Waals surface area (Å²) in [4.78, 5) is 28.7. The first-order chi connectivity index (χ1) is 13.1. The molecule has 4 rings (SSSR count). The standard InChI is InChI=1S/C20H16N4O2S/c1-13(25)14-5-4-6-16(11-14)21-20(26)23-19-18(15-8-10-27-12-15)22-17-7-2-3-9-24(17)19/h2-12H,1H3,(H2,21,23,26). The molecule has 0 saturated heterocycles. The Bertz CT molecular complexity index is 1130. The summed E-state index contributed by atoms with van der Waals surface area (Å²) in [5, 5.41) is 9.62. The number of urea groups is 1. The fourth-order valence-electron chi connectivity index (χ4n) is 2.80. The predicted octanol–water partition coefficient (Wildman–Crippen LogP) is 4.91. The molecule has 6 nitrogen and oxygen atoms in total. The zero-order valence-corrected chi connectivity index (χ0v) is 15.3. The van der Waals surface area contributed by atoms with Crippen LogP contribution in [0.2, 0.25) is 0 Å². The summed E-state index contributed by atoms with van der Waals surface area (Å²) in [6.07, 6.45) is 1.85. The van der Waals surface area contributed by atoms with E-state index < -0.39 is 6.03 Å². The number of aromatic nitrogens is 2. The summed E-state index contributed by atoms with van der Waals surface area (Å²) in [5.74, 6) is 0.532. The molecule has 134 valence electrons. The SMILES string of the molecule is CC(=O)c1cccc(NC(=O)Nc2c(-c3ccsc3)nc3ccccn23)c1. The zero-order chi connectivity index (χ0) is 18.8. The molecule has 0 atom stereocenters. The molecular formula is C20H16N4O2S. The summed E-state index contributed by atoms with van der Waals surface area (Å²) >= 11 is 1.57. The number of fused-ring (bicyclic) bond motifs is 1. The Balaban J connectivity index is 1.65. The number of benzene rings is 1. The fraction of sp³-hybridized carbons (Fsp3) is 0.0500. The molecule has 7 heteroatoms. The molecule has 0 aliphatic carbocycles. The largest absolute Gasteiger partial charge is 0.324 e. The topological polar surface area (TPSA) is 75.5 Å². The molecular weight excluding hydrogens is 360 g/mol. The third kappa shape index (κ3) is 3.45. The van der Waals surface area contributed by atoms with E-state index in [0.717, 1.165) is 11.2 Å². The van der Waals surface area contributed by atoms with E-state index in [-0.39, 0.29) is 5.78 Å². The number of ketones is 1. The van der Waals surface area contributed by atoms with E-state index in [1.54, 1.807) is 35.6 Å². The Morgan fingerprint density at radius 2 is 1.96 bits per heavy atom. The van der Waals surface area contributed by atoms with Crippen LogP contribution in [0, 0.1) is 0 Å². The van der Waals surface area contributed by atoms with Crippen molar-refractivity contribution in [1.82, 2.24) is 9.38 Å². The van der Waals surface area contributed by atoms with Crippen LogP contribution in [0.3, 0.4) is 0 Å². The van der Waals surface area contributed by atoms with Crippen molar-refractivity contribution >= 4 is 40.3 Å². The lowest BCUT2D eigenvalue weighted by Gasteiger charge is -2.09. The molecule has 27 heavy (non-hydrogen) atoms. The van der Waals surface area contributed by atoms with E-state index in [1.807, 2.05) is 45.6 Å². The Labute approximate surface area is 159 Å². The maximum Gasteiger partial charge on any atom is 0.324 e. The highest BCUT2D eigenvalue weighted by Crippen LogP contribution is 2.30. The molecule has 0 spiro atoms. The van der Waals surface area contributed by atoms with Crippen LogP contribution in [0.4, 0.5) is 16.3 Å². The molecule has 3 aromatic heterocycles. The van der Waals surface area contributed by atoms with Crippen LogP contribution in [0.25, 0.3) is 16.9 Å². The highest BCUT2D eigenvalue weighted by molar-refractivity contribution is 7.08. The predicted molar refractivity (Wildman–Crippen MR) is 108 cm³/mol. The van der Waals surface area contributed by atoms with Gasteiger partial charge in [0.2, 0.25) is 0 Å². The van der Waals surface area contributed by atoms with Crippen molar-refractivity contribution in [3.05, 3.63) is 71.1 Å². The molecule has 2 N–H and O–H groups in total. The molecule has 3 heterocycles. The molecule has 0 unspecified atom stereocenters. The van der Waals surface area contributed by atoms with Crippen LogP contribution in [-0.4, -0.2) is 21.2 Å². The van der Waals surface area contributed by atoms with E-state index in [0.29, 0.717) is 22.8 Å². The van der Waals surface area contributed by atoms with Crippen molar-refractivity contribution in [2.75, 3.05) is 10.6 Å². The van der Waals surface area contributed by atoms with Crippen LogP contribution in [0.15, 0.2) is 65.5 Å². The first kappa shape index (κ1) is 17.0. The quantitative estimate of drug-likeness (QED) is 0.497. The second-order valence-corrected chi connectivity index (χ2v) is 6.75. The van der Waals surface area contributed by atoms with Gasteiger partial charge in [-0.2, -0.15) is 11.3 Å². The van der Waals surface area contributed by atoms with Crippen LogP contribution < -0.4 is 10.6 Å². The van der Waals surface area contributed by atoms with Gasteiger partial charge in [-0.15, -0.1) is 0 Å². The fourth-order valence-corrected chi connectivity index (χ4v) is 3.44. The minimum Gasteiger partial charge on any atom is -0.308 e. The maximum atomic E-state index is 12.6. The van der Waals surface area contributed by atoms with E-state index in [1.165, 1.54) is 6.92 Å². The van der Waals surface area contributed by atoms with Crippen LogP contribution in [0.5, 0.6) is 0 Å². The van der Waals surface area contributed by atoms with Gasteiger partial charge in [0, 0.05) is 28.4 Å². The summed E-state index contributed by atoms with van der Waals surface area (Å²) < 4.78 is 1.83. The summed E-state index contributed by atoms with van der Waals surface area (Å²) in [6.45, 7) is 1.49. The summed E-state index contributed by atoms with van der Waals surface area (Å²) in [6, 6.07) is 14.1. The average molecular weight is 376 g/mol. The van der Waals surface area contributed by atoms with Gasteiger partial charge in [0.05, 0.1) is 0 Å². The number of anilines is 2. The number of hydrogen-bond donors (Lipinski definition) is 2. The van der Waals surface area contributed by atoms with Crippen molar-refractivity contribution in [3.63, 3.8) is 0 Å². The van der Waals surface area contributed by atoms with Gasteiger partial charge in [0.15, 0.2) is 5.78 Å². The van der Waals surface area contributed by atoms with Gasteiger partial charge in [0.25, 0.3) is 0 Å². The van der Waals surface area contributed by atoms with Crippen molar-refractivity contribution in [3.8, 4) is 11.3 Å². The average Bonchev–Trinajstić information content (AvgIpc) is 3.30. The van der Waals surface area contributed by atoms with E-state index >= 15 is 0 Å². The second kappa shape index (κ2) is 7.05. The number of amides is 2. The van der Waals surface area contributed by atoms with E-state index in [4.69, 9.17) is 0 Å². The van der Waals surface area contributed by atoms with E-state index in [9.17, 15) is 9.59 Å². The molecule has 0 aliphatic heterocycles. The van der Waals surface area contributed by atoms with Crippen molar-refractivity contribution in [2.45, 2.75) is 6.92 Å². The number of imidazole rings is 1. The normalized spacial score (nSPS) is 10.7. The lowest BCUT2D eigenvalue weighted by molar-refractivity contribution is 0.101. The Morgan fingerprint density at radius 3 is 2.74 bits per heavy atom. The van der Waals surface area contributed by atoms with Crippen molar-refractivity contribution in [2.24, 2.45) is 0 Å². The van der Waals surface area contributed by atoms with Gasteiger partial charge < -0.3 is 5.32 Å². The molecule has 0 radical (unpaired) electrons. The van der Waals surface area contributed by atoms with Crippen molar-refractivity contribution < 1.29 is 9.59 Å². The zero-order valence-electron chi connectivity index (χ0n) is 14.5. The number of pyridine rings is 1. The first-order valence-electron chi connectivity index (χ1n) is 8.30. The highest BCUT2D eigenvalue weighted by atomic mass is 32.1. The molecule has 0 saturated carbocycles. The molecule has 4 aromatic rings. The number of nitrogens with zero attached hydrogens (tertiary/aromatic N) is 2. The van der Waals surface area contributed by atoms with Crippen LogP contribution >= 0.6 is 11.3 Å². The minimum absolute atomic E-state index is 0.0550. The number of Topliss-reactive ketones (excluding diaryl/α,β-unsaturated/α-hetero) is 1. The third-order valence-corrected chi connectivity index (χ3v) is 4.77. The second-order valence-electron chi connectivity index (χ2n) is 5.97. The van der Waals surface area contributed by atoms with Gasteiger partial charge in [0.1, 0.15) is 17.2 Å². The molecule has 2 amide bonds. The summed E-state index contributed by atoms with van der Waals surface area (Å²) in [7, 11) is 0. The number of hydrogen-bond acceptors (Lipinski definition) is 4. The first-order valence-corrected chi connectivity index (χ1v) is 9.25. The number of thiophene rings is 1. The molecule has 0 fully saturated rings. The molecule has 0 bridgehead atoms. The van der Waals surface area contributed by atoms with E-state index in [2.05, 4.69) is 15.6 Å². The Hall–Kier alpha value is -3.45. The minimum atomic E-state index is -0.405. The van der Waals surface area contributed by atoms with Gasteiger partial charge >= 0.3 is 6.03 Å². The lowest BCUT2D eigenvalue weighted by Crippen LogP contribution is -2.21. The Kier molecular flexibility index (Phi) is 4.43.